The molecule has 6 nitrogen and oxygen atoms in total. The van der Waals surface area contributed by atoms with Crippen molar-refractivity contribution in [1.82, 2.24) is 10.3 Å². The molecule has 6 heteroatoms. The highest BCUT2D eigenvalue weighted by atomic mass is 16.6. The van der Waals surface area contributed by atoms with E-state index in [0.717, 1.165) is 41.8 Å². The highest BCUT2D eigenvalue weighted by Crippen LogP contribution is 2.32. The first kappa shape index (κ1) is 14.4. The third-order valence-electron chi connectivity index (χ3n) is 4.97. The zero-order valence-electron chi connectivity index (χ0n) is 13.2. The van der Waals surface area contributed by atoms with Crippen molar-refractivity contribution in [2.45, 2.75) is 38.3 Å². The molecular formula is C17H20N4O2. The molecule has 2 saturated heterocycles. The van der Waals surface area contributed by atoms with Crippen LogP contribution in [0.25, 0.3) is 10.9 Å². The summed E-state index contributed by atoms with van der Waals surface area (Å²) in [5.74, 6) is 0. The third-order valence-corrected chi connectivity index (χ3v) is 4.97. The number of non-ortho nitro benzene ring substituents is 1. The summed E-state index contributed by atoms with van der Waals surface area (Å²) < 4.78 is 0. The van der Waals surface area contributed by atoms with Crippen LogP contribution < -0.4 is 10.2 Å². The summed E-state index contributed by atoms with van der Waals surface area (Å²) in [5, 5.41) is 15.7. The van der Waals surface area contributed by atoms with E-state index in [1.165, 1.54) is 18.9 Å². The smallest absolute Gasteiger partial charge is 0.270 e. The number of benzene rings is 1. The van der Waals surface area contributed by atoms with E-state index in [4.69, 9.17) is 0 Å². The Morgan fingerprint density at radius 1 is 1.26 bits per heavy atom. The molecule has 4 rings (SSSR count). The van der Waals surface area contributed by atoms with Crippen molar-refractivity contribution < 1.29 is 4.92 Å². The molecule has 0 saturated carbocycles. The van der Waals surface area contributed by atoms with Gasteiger partial charge < -0.3 is 10.2 Å². The zero-order valence-corrected chi connectivity index (χ0v) is 13.2. The van der Waals surface area contributed by atoms with Gasteiger partial charge in [0.1, 0.15) is 0 Å². The lowest BCUT2D eigenvalue weighted by molar-refractivity contribution is -0.384. The van der Waals surface area contributed by atoms with Gasteiger partial charge in [-0.2, -0.15) is 0 Å². The molecule has 2 unspecified atom stereocenters. The van der Waals surface area contributed by atoms with Crippen molar-refractivity contribution in [2.75, 3.05) is 18.0 Å². The van der Waals surface area contributed by atoms with Crippen LogP contribution >= 0.6 is 0 Å². The molecule has 23 heavy (non-hydrogen) atoms. The number of aromatic nitrogens is 1. The SMILES string of the molecule is Cc1cc(N2CCC3CCC(C2)N3)c2cc([N+](=O)[O-])ccc2n1. The molecular weight excluding hydrogens is 292 g/mol. The van der Waals surface area contributed by atoms with Gasteiger partial charge in [0.2, 0.25) is 0 Å². The van der Waals surface area contributed by atoms with Crippen LogP contribution in [-0.4, -0.2) is 35.1 Å². The lowest BCUT2D eigenvalue weighted by Crippen LogP contribution is -2.35. The second kappa shape index (κ2) is 5.45. The van der Waals surface area contributed by atoms with Crippen LogP contribution in [0.4, 0.5) is 11.4 Å². The summed E-state index contributed by atoms with van der Waals surface area (Å²) in [6.07, 6.45) is 3.59. The van der Waals surface area contributed by atoms with E-state index in [2.05, 4.69) is 21.3 Å². The number of nitrogens with zero attached hydrogens (tertiary/aromatic N) is 3. The maximum Gasteiger partial charge on any atom is 0.270 e. The van der Waals surface area contributed by atoms with Crippen molar-refractivity contribution >= 4 is 22.3 Å². The highest BCUT2D eigenvalue weighted by Gasteiger charge is 2.30. The fourth-order valence-corrected chi connectivity index (χ4v) is 3.86. The number of aryl methyl sites for hydroxylation is 1. The monoisotopic (exact) mass is 312 g/mol. The van der Waals surface area contributed by atoms with Gasteiger partial charge >= 0.3 is 0 Å². The lowest BCUT2D eigenvalue weighted by Gasteiger charge is -2.27. The molecule has 0 spiro atoms. The van der Waals surface area contributed by atoms with Gasteiger partial charge in [-0.25, -0.2) is 0 Å². The topological polar surface area (TPSA) is 71.3 Å². The van der Waals surface area contributed by atoms with Gasteiger partial charge in [-0.1, -0.05) is 0 Å². The van der Waals surface area contributed by atoms with Crippen LogP contribution in [-0.2, 0) is 0 Å². The number of anilines is 1. The molecule has 0 aliphatic carbocycles. The Balaban J connectivity index is 1.81. The van der Waals surface area contributed by atoms with Crippen molar-refractivity contribution in [1.29, 1.82) is 0 Å². The quantitative estimate of drug-likeness (QED) is 0.682. The molecule has 1 aromatic carbocycles. The van der Waals surface area contributed by atoms with Gasteiger partial charge in [-0.3, -0.25) is 15.1 Å². The van der Waals surface area contributed by atoms with Crippen LogP contribution in [0.2, 0.25) is 0 Å². The second-order valence-electron chi connectivity index (χ2n) is 6.61. The van der Waals surface area contributed by atoms with Crippen molar-refractivity contribution in [3.8, 4) is 0 Å². The molecule has 2 aliphatic rings. The number of rotatable bonds is 2. The Bertz CT molecular complexity index is 777. The van der Waals surface area contributed by atoms with E-state index in [-0.39, 0.29) is 10.6 Å². The molecule has 0 amide bonds. The number of fused-ring (bicyclic) bond motifs is 3. The van der Waals surface area contributed by atoms with Crippen LogP contribution in [0.15, 0.2) is 24.3 Å². The minimum Gasteiger partial charge on any atom is -0.369 e. The Morgan fingerprint density at radius 2 is 2.09 bits per heavy atom. The first-order valence-corrected chi connectivity index (χ1v) is 8.17. The molecule has 0 radical (unpaired) electrons. The van der Waals surface area contributed by atoms with Gasteiger partial charge in [0.05, 0.1) is 10.4 Å². The van der Waals surface area contributed by atoms with E-state index in [1.54, 1.807) is 12.1 Å². The lowest BCUT2D eigenvalue weighted by atomic mass is 10.1. The predicted octanol–water partition coefficient (Wildman–Crippen LogP) is 2.78. The fourth-order valence-electron chi connectivity index (χ4n) is 3.86. The first-order chi connectivity index (χ1) is 11.1. The summed E-state index contributed by atoms with van der Waals surface area (Å²) >= 11 is 0. The van der Waals surface area contributed by atoms with Crippen molar-refractivity contribution in [3.05, 3.63) is 40.1 Å². The number of nitro groups is 1. The number of hydrogen-bond acceptors (Lipinski definition) is 5. The molecule has 2 fully saturated rings. The average Bonchev–Trinajstić information content (AvgIpc) is 2.85. The molecule has 2 atom stereocenters. The molecule has 2 aromatic rings. The van der Waals surface area contributed by atoms with Gasteiger partial charge in [-0.15, -0.1) is 0 Å². The van der Waals surface area contributed by atoms with Crippen LogP contribution in [0.1, 0.15) is 25.0 Å². The maximum atomic E-state index is 11.1. The first-order valence-electron chi connectivity index (χ1n) is 8.17. The van der Waals surface area contributed by atoms with Crippen LogP contribution in [0, 0.1) is 17.0 Å². The largest absolute Gasteiger partial charge is 0.369 e. The van der Waals surface area contributed by atoms with Crippen LogP contribution in [0.5, 0.6) is 0 Å². The Morgan fingerprint density at radius 3 is 2.91 bits per heavy atom. The van der Waals surface area contributed by atoms with E-state index < -0.39 is 0 Å². The standard InChI is InChI=1S/C17H20N4O2/c1-11-8-17(20-7-6-12-2-3-13(10-20)19-12)15-9-14(21(22)23)4-5-16(15)18-11/h4-5,8-9,12-13,19H,2-3,6-7,10H2,1H3. The van der Waals surface area contributed by atoms with E-state index in [9.17, 15) is 10.1 Å². The third kappa shape index (κ3) is 2.63. The molecule has 3 heterocycles. The summed E-state index contributed by atoms with van der Waals surface area (Å²) in [6, 6.07) is 8.15. The zero-order chi connectivity index (χ0) is 16.0. The Hall–Kier alpha value is -2.21. The minimum absolute atomic E-state index is 0.124. The number of nitrogens with one attached hydrogen (secondary N) is 1. The maximum absolute atomic E-state index is 11.1. The summed E-state index contributed by atoms with van der Waals surface area (Å²) in [7, 11) is 0. The number of pyridine rings is 1. The number of nitro benzene ring substituents is 1. The van der Waals surface area contributed by atoms with E-state index in [0.29, 0.717) is 12.1 Å². The molecule has 2 aliphatic heterocycles. The molecule has 2 bridgehead atoms. The Kier molecular flexibility index (Phi) is 3.41. The van der Waals surface area contributed by atoms with E-state index >= 15 is 0 Å². The van der Waals surface area contributed by atoms with Gasteiger partial charge in [0, 0.05) is 54.1 Å². The molecule has 120 valence electrons. The summed E-state index contributed by atoms with van der Waals surface area (Å²) in [5.41, 5.74) is 2.97. The summed E-state index contributed by atoms with van der Waals surface area (Å²) in [4.78, 5) is 17.7. The summed E-state index contributed by atoms with van der Waals surface area (Å²) in [6.45, 7) is 3.92. The average molecular weight is 312 g/mol. The fraction of sp³-hybridized carbons (Fsp3) is 0.471. The van der Waals surface area contributed by atoms with Gasteiger partial charge in [0.15, 0.2) is 0 Å². The predicted molar refractivity (Wildman–Crippen MR) is 89.9 cm³/mol. The van der Waals surface area contributed by atoms with Gasteiger partial charge in [0.25, 0.3) is 5.69 Å². The number of hydrogen-bond donors (Lipinski definition) is 1. The van der Waals surface area contributed by atoms with Gasteiger partial charge in [-0.05, 0) is 38.3 Å². The Labute approximate surface area is 134 Å². The van der Waals surface area contributed by atoms with Crippen molar-refractivity contribution in [2.24, 2.45) is 0 Å². The highest BCUT2D eigenvalue weighted by molar-refractivity contribution is 5.93. The normalized spacial score (nSPS) is 24.0. The molecule has 1 aromatic heterocycles. The van der Waals surface area contributed by atoms with Crippen LogP contribution in [0.3, 0.4) is 0 Å². The van der Waals surface area contributed by atoms with E-state index in [1.807, 2.05) is 6.92 Å². The second-order valence-corrected chi connectivity index (χ2v) is 6.61. The molecule has 1 N–H and O–H groups in total. The minimum atomic E-state index is -0.338. The van der Waals surface area contributed by atoms with Crippen molar-refractivity contribution in [3.63, 3.8) is 0 Å².